The fourth-order valence-corrected chi connectivity index (χ4v) is 6.74. The van der Waals surface area contributed by atoms with E-state index < -0.39 is 52.3 Å². The van der Waals surface area contributed by atoms with Crippen LogP contribution in [-0.4, -0.2) is 55.5 Å². The Morgan fingerprint density at radius 1 is 1.14 bits per heavy atom. The molecule has 2 amide bonds. The number of halogens is 4. The number of rotatable bonds is 11. The van der Waals surface area contributed by atoms with Crippen LogP contribution in [-0.2, 0) is 24.6 Å². The van der Waals surface area contributed by atoms with Crippen LogP contribution in [0.15, 0.2) is 36.4 Å². The van der Waals surface area contributed by atoms with Crippen molar-refractivity contribution in [2.45, 2.75) is 89.3 Å². The minimum absolute atomic E-state index is 0.0924. The molecule has 5 unspecified atom stereocenters. The zero-order valence-corrected chi connectivity index (χ0v) is 27.3. The van der Waals surface area contributed by atoms with Crippen LogP contribution in [0.5, 0.6) is 0 Å². The highest BCUT2D eigenvalue weighted by atomic mass is 35.5. The first-order chi connectivity index (χ1) is 20.5. The fourth-order valence-electron chi connectivity index (χ4n) is 6.39. The highest BCUT2D eigenvalue weighted by Crippen LogP contribution is 2.50. The lowest BCUT2D eigenvalue weighted by atomic mass is 9.67. The smallest absolute Gasteiger partial charge is 0.237 e. The predicted octanol–water partition coefficient (Wildman–Crippen LogP) is 5.15. The van der Waals surface area contributed by atoms with Gasteiger partial charge >= 0.3 is 0 Å². The van der Waals surface area contributed by atoms with E-state index >= 15 is 8.78 Å². The predicted molar refractivity (Wildman–Crippen MR) is 166 cm³/mol. The average molecular weight is 656 g/mol. The van der Waals surface area contributed by atoms with Gasteiger partial charge in [-0.05, 0) is 62.3 Å². The van der Waals surface area contributed by atoms with Crippen LogP contribution >= 0.6 is 23.2 Å². The van der Waals surface area contributed by atoms with Gasteiger partial charge in [-0.25, -0.2) is 8.78 Å². The molecule has 0 saturated carbocycles. The highest BCUT2D eigenvalue weighted by molar-refractivity contribution is 6.31. The van der Waals surface area contributed by atoms with Gasteiger partial charge in [-0.15, -0.1) is 0 Å². The molecule has 0 radical (unpaired) electrons. The number of benzene rings is 2. The molecule has 2 aromatic rings. The summed E-state index contributed by atoms with van der Waals surface area (Å²) in [7, 11) is 0. The number of ether oxygens (including phenoxy) is 2. The summed E-state index contributed by atoms with van der Waals surface area (Å²) in [4.78, 5) is 25.4. The third-order valence-electron chi connectivity index (χ3n) is 8.57. The van der Waals surface area contributed by atoms with Crippen LogP contribution in [0.3, 0.4) is 0 Å². The molecule has 44 heavy (non-hydrogen) atoms. The van der Waals surface area contributed by atoms with Crippen LogP contribution in [0.4, 0.5) is 8.78 Å². The van der Waals surface area contributed by atoms with Gasteiger partial charge in [0.25, 0.3) is 0 Å². The average Bonchev–Trinajstić information content (AvgIpc) is 3.41. The zero-order valence-electron chi connectivity index (χ0n) is 25.7. The van der Waals surface area contributed by atoms with E-state index in [0.29, 0.717) is 32.4 Å². The molecule has 5 atom stereocenters. The van der Waals surface area contributed by atoms with Crippen LogP contribution in [0.2, 0.25) is 10.0 Å². The van der Waals surface area contributed by atoms with E-state index in [2.05, 4.69) is 16.0 Å². The number of nitrogens with one attached hydrogen (secondary N) is 3. The van der Waals surface area contributed by atoms with Crippen molar-refractivity contribution < 1.29 is 27.8 Å². The topological polar surface area (TPSA) is 115 Å². The first-order valence-corrected chi connectivity index (χ1v) is 15.6. The molecule has 0 bridgehead atoms. The fraction of sp³-hybridized carbons (Fsp3) is 0.562. The molecule has 2 aromatic carbocycles. The Bertz CT molecular complexity index is 1380. The van der Waals surface area contributed by atoms with E-state index in [1.807, 2.05) is 27.7 Å². The van der Waals surface area contributed by atoms with Gasteiger partial charge < -0.3 is 31.2 Å². The molecule has 2 saturated heterocycles. The largest absolute Gasteiger partial charge is 0.356 e. The number of amides is 2. The van der Waals surface area contributed by atoms with E-state index in [4.69, 9.17) is 38.4 Å². The van der Waals surface area contributed by atoms with Crippen molar-refractivity contribution in [3.05, 3.63) is 69.2 Å². The summed E-state index contributed by atoms with van der Waals surface area (Å²) in [5.74, 6) is -3.72. The molecular formula is C32H42Cl2F2N4O4. The monoisotopic (exact) mass is 654 g/mol. The summed E-state index contributed by atoms with van der Waals surface area (Å²) in [6, 6.07) is 6.95. The Labute approximate surface area is 267 Å². The molecule has 2 heterocycles. The van der Waals surface area contributed by atoms with Gasteiger partial charge in [-0.3, -0.25) is 9.59 Å². The number of nitrogens with two attached hydrogens (primary N) is 1. The molecular weight excluding hydrogens is 613 g/mol. The quantitative estimate of drug-likeness (QED) is 0.267. The first-order valence-electron chi connectivity index (χ1n) is 14.8. The third-order valence-corrected chi connectivity index (χ3v) is 9.09. The SMILES string of the molecule is CC(=O)NCCC(C)(C)CC1NC(C(=O)NCCC2COC(C)(C)O2)C(c2cccc(Cl)c2F)C1(N)c1ccc(Cl)cc1F. The molecule has 242 valence electrons. The van der Waals surface area contributed by atoms with Crippen molar-refractivity contribution in [1.82, 2.24) is 16.0 Å². The van der Waals surface area contributed by atoms with Crippen molar-refractivity contribution in [3.63, 3.8) is 0 Å². The van der Waals surface area contributed by atoms with E-state index in [1.165, 1.54) is 31.2 Å². The Morgan fingerprint density at radius 3 is 2.50 bits per heavy atom. The molecule has 2 aliphatic rings. The van der Waals surface area contributed by atoms with Gasteiger partial charge in [0.05, 0.1) is 29.3 Å². The summed E-state index contributed by atoms with van der Waals surface area (Å²) >= 11 is 12.3. The summed E-state index contributed by atoms with van der Waals surface area (Å²) < 4.78 is 43.1. The van der Waals surface area contributed by atoms with Crippen molar-refractivity contribution in [2.24, 2.45) is 11.1 Å². The standard InChI is InChI=1S/C32H42Cl2F2N4O4/c1-18(41)38-14-12-30(2,3)16-25-32(37,22-10-9-19(33)15-24(22)35)26(21-7-6-8-23(34)27(21)36)28(40-25)29(42)39-13-11-20-17-43-31(4,5)44-20/h6-10,15,20,25-26,28,40H,11-14,16-17,37H2,1-5H3,(H,38,41)(H,39,42). The second kappa shape index (κ2) is 13.6. The maximum atomic E-state index is 15.8. The van der Waals surface area contributed by atoms with E-state index in [0.717, 1.165) is 6.07 Å². The third kappa shape index (κ3) is 7.71. The van der Waals surface area contributed by atoms with E-state index in [1.54, 1.807) is 6.07 Å². The van der Waals surface area contributed by atoms with Gasteiger partial charge in [-0.1, -0.05) is 55.2 Å². The van der Waals surface area contributed by atoms with Gasteiger partial charge in [0.2, 0.25) is 11.8 Å². The lowest BCUT2D eigenvalue weighted by molar-refractivity contribution is -0.138. The van der Waals surface area contributed by atoms with Crippen LogP contribution in [0.1, 0.15) is 70.9 Å². The Balaban J connectivity index is 1.73. The van der Waals surface area contributed by atoms with Gasteiger partial charge in [0.15, 0.2) is 5.79 Å². The molecule has 2 aliphatic heterocycles. The van der Waals surface area contributed by atoms with Crippen molar-refractivity contribution in [3.8, 4) is 0 Å². The molecule has 4 rings (SSSR count). The number of carbonyl (C=O) groups excluding carboxylic acids is 2. The van der Waals surface area contributed by atoms with Gasteiger partial charge in [0.1, 0.15) is 11.6 Å². The van der Waals surface area contributed by atoms with Crippen LogP contribution < -0.4 is 21.7 Å². The van der Waals surface area contributed by atoms with Crippen LogP contribution in [0, 0.1) is 17.0 Å². The number of hydrogen-bond acceptors (Lipinski definition) is 6. The lowest BCUT2D eigenvalue weighted by Crippen LogP contribution is -2.52. The lowest BCUT2D eigenvalue weighted by Gasteiger charge is -2.40. The second-order valence-corrected chi connectivity index (χ2v) is 13.9. The summed E-state index contributed by atoms with van der Waals surface area (Å²) in [6.07, 6.45) is 1.25. The number of hydrogen-bond donors (Lipinski definition) is 4. The van der Waals surface area contributed by atoms with E-state index in [9.17, 15) is 9.59 Å². The molecule has 8 nitrogen and oxygen atoms in total. The first kappa shape index (κ1) is 34.5. The van der Waals surface area contributed by atoms with Crippen molar-refractivity contribution >= 4 is 35.0 Å². The normalized spacial score (nSPS) is 26.5. The van der Waals surface area contributed by atoms with Gasteiger partial charge in [0, 0.05) is 42.6 Å². The summed E-state index contributed by atoms with van der Waals surface area (Å²) in [5, 5.41) is 9.16. The zero-order chi connectivity index (χ0) is 32.4. The molecule has 12 heteroatoms. The maximum Gasteiger partial charge on any atom is 0.237 e. The Hall–Kier alpha value is -2.34. The molecule has 0 aromatic heterocycles. The minimum atomic E-state index is -1.61. The molecule has 0 spiro atoms. The maximum absolute atomic E-state index is 15.8. The Morgan fingerprint density at radius 2 is 1.86 bits per heavy atom. The van der Waals surface area contributed by atoms with Crippen molar-refractivity contribution in [2.75, 3.05) is 19.7 Å². The summed E-state index contributed by atoms with van der Waals surface area (Å²) in [6.45, 7) is 10.2. The molecule has 0 aliphatic carbocycles. The van der Waals surface area contributed by atoms with Gasteiger partial charge in [-0.2, -0.15) is 0 Å². The minimum Gasteiger partial charge on any atom is -0.356 e. The second-order valence-electron chi connectivity index (χ2n) is 13.0. The highest BCUT2D eigenvalue weighted by Gasteiger charge is 2.58. The Kier molecular flexibility index (Phi) is 10.6. The van der Waals surface area contributed by atoms with E-state index in [-0.39, 0.29) is 39.7 Å². The molecule has 5 N–H and O–H groups in total. The molecule has 2 fully saturated rings. The van der Waals surface area contributed by atoms with Crippen LogP contribution in [0.25, 0.3) is 0 Å². The number of carbonyl (C=O) groups is 2. The van der Waals surface area contributed by atoms with Crippen molar-refractivity contribution in [1.29, 1.82) is 0 Å². The summed E-state index contributed by atoms with van der Waals surface area (Å²) in [5.41, 5.74) is 5.45.